The third-order valence-corrected chi connectivity index (χ3v) is 4.91. The summed E-state index contributed by atoms with van der Waals surface area (Å²) in [5.74, 6) is -1.30. The number of rotatable bonds is 5. The molecule has 0 unspecified atom stereocenters. The summed E-state index contributed by atoms with van der Waals surface area (Å²) in [6, 6.07) is 3.47. The fourth-order valence-corrected chi connectivity index (χ4v) is 3.33. The van der Waals surface area contributed by atoms with Crippen LogP contribution >= 0.6 is 0 Å². The highest BCUT2D eigenvalue weighted by atomic mass is 32.2. The molecule has 1 saturated heterocycles. The third kappa shape index (κ3) is 3.75. The van der Waals surface area contributed by atoms with Crippen LogP contribution in [0.1, 0.15) is 18.4 Å². The number of aliphatic carboxylic acids is 1. The molecule has 2 N–H and O–H groups in total. The van der Waals surface area contributed by atoms with E-state index in [2.05, 4.69) is 9.71 Å². The van der Waals surface area contributed by atoms with Gasteiger partial charge in [0, 0.05) is 32.0 Å². The first kappa shape index (κ1) is 14.9. The van der Waals surface area contributed by atoms with Crippen molar-refractivity contribution in [1.29, 1.82) is 0 Å². The number of hydrogen-bond acceptors (Lipinski definition) is 4. The zero-order valence-electron chi connectivity index (χ0n) is 10.9. The summed E-state index contributed by atoms with van der Waals surface area (Å²) in [4.78, 5) is 14.7. The Morgan fingerprint density at radius 3 is 2.50 bits per heavy atom. The van der Waals surface area contributed by atoms with Gasteiger partial charge in [0.2, 0.25) is 0 Å². The molecule has 1 aromatic rings. The van der Waals surface area contributed by atoms with Crippen LogP contribution in [0.2, 0.25) is 0 Å². The molecule has 2 heterocycles. The molecule has 1 aliphatic heterocycles. The van der Waals surface area contributed by atoms with Gasteiger partial charge in [-0.3, -0.25) is 9.78 Å². The van der Waals surface area contributed by atoms with Gasteiger partial charge in [-0.25, -0.2) is 0 Å². The number of carbonyl (C=O) groups is 1. The van der Waals surface area contributed by atoms with Crippen LogP contribution in [0, 0.1) is 5.92 Å². The Balaban J connectivity index is 1.90. The predicted octanol–water partition coefficient (Wildman–Crippen LogP) is 0.213. The Morgan fingerprint density at radius 1 is 1.35 bits per heavy atom. The van der Waals surface area contributed by atoms with Crippen molar-refractivity contribution < 1.29 is 18.3 Å². The molecular weight excluding hydrogens is 282 g/mol. The van der Waals surface area contributed by atoms with Crippen LogP contribution < -0.4 is 4.72 Å². The summed E-state index contributed by atoms with van der Waals surface area (Å²) in [6.45, 7) is 0.676. The minimum atomic E-state index is -3.56. The highest BCUT2D eigenvalue weighted by Crippen LogP contribution is 2.19. The van der Waals surface area contributed by atoms with Crippen LogP contribution in [-0.2, 0) is 21.5 Å². The number of carboxylic acids is 1. The molecule has 0 atom stereocenters. The van der Waals surface area contributed by atoms with Gasteiger partial charge in [0.15, 0.2) is 0 Å². The molecule has 7 nitrogen and oxygen atoms in total. The van der Waals surface area contributed by atoms with E-state index >= 15 is 0 Å². The zero-order chi connectivity index (χ0) is 14.6. The average Bonchev–Trinajstić information content (AvgIpc) is 2.46. The second kappa shape index (κ2) is 6.29. The van der Waals surface area contributed by atoms with Gasteiger partial charge in [-0.15, -0.1) is 0 Å². The van der Waals surface area contributed by atoms with Gasteiger partial charge < -0.3 is 5.11 Å². The first-order valence-corrected chi connectivity index (χ1v) is 7.79. The lowest BCUT2D eigenvalue weighted by atomic mass is 9.99. The molecular formula is C12H17N3O4S. The van der Waals surface area contributed by atoms with Crippen LogP contribution in [0.4, 0.5) is 0 Å². The van der Waals surface area contributed by atoms with Gasteiger partial charge >= 0.3 is 5.97 Å². The van der Waals surface area contributed by atoms with Gasteiger partial charge in [0.05, 0.1) is 5.92 Å². The van der Waals surface area contributed by atoms with Crippen LogP contribution in [0.25, 0.3) is 0 Å². The molecule has 0 saturated carbocycles. The Bertz CT molecular complexity index is 553. The monoisotopic (exact) mass is 299 g/mol. The molecule has 1 fully saturated rings. The van der Waals surface area contributed by atoms with E-state index in [0.29, 0.717) is 12.8 Å². The first-order valence-electron chi connectivity index (χ1n) is 6.35. The maximum atomic E-state index is 12.1. The number of nitrogens with one attached hydrogen (secondary N) is 1. The molecule has 0 amide bonds. The maximum absolute atomic E-state index is 12.1. The Kier molecular flexibility index (Phi) is 4.69. The number of pyridine rings is 1. The summed E-state index contributed by atoms with van der Waals surface area (Å²) < 4.78 is 28.0. The fourth-order valence-electron chi connectivity index (χ4n) is 2.11. The van der Waals surface area contributed by atoms with E-state index in [1.807, 2.05) is 0 Å². The molecule has 20 heavy (non-hydrogen) atoms. The highest BCUT2D eigenvalue weighted by molar-refractivity contribution is 7.87. The Hall–Kier alpha value is -1.51. The molecule has 110 valence electrons. The van der Waals surface area contributed by atoms with Crippen molar-refractivity contribution in [1.82, 2.24) is 14.0 Å². The number of nitrogens with zero attached hydrogens (tertiary/aromatic N) is 2. The average molecular weight is 299 g/mol. The normalized spacial score (nSPS) is 18.0. The summed E-state index contributed by atoms with van der Waals surface area (Å²) in [5, 5.41) is 8.89. The Morgan fingerprint density at radius 2 is 1.95 bits per heavy atom. The lowest BCUT2D eigenvalue weighted by Crippen LogP contribution is -2.45. The van der Waals surface area contributed by atoms with Crippen LogP contribution in [0.15, 0.2) is 24.5 Å². The van der Waals surface area contributed by atoms with Crippen molar-refractivity contribution in [3.63, 3.8) is 0 Å². The second-order valence-corrected chi connectivity index (χ2v) is 6.45. The number of piperidine rings is 1. The van der Waals surface area contributed by atoms with E-state index in [9.17, 15) is 13.2 Å². The SMILES string of the molecule is O=C(O)C1CCN(S(=O)(=O)NCc2ccncc2)CC1. The van der Waals surface area contributed by atoms with Crippen molar-refractivity contribution in [3.05, 3.63) is 30.1 Å². The molecule has 2 rings (SSSR count). The van der Waals surface area contributed by atoms with E-state index in [-0.39, 0.29) is 19.6 Å². The van der Waals surface area contributed by atoms with Gasteiger partial charge in [-0.2, -0.15) is 17.4 Å². The molecule has 0 aliphatic carbocycles. The molecule has 1 aliphatic rings. The number of hydrogen-bond donors (Lipinski definition) is 2. The standard InChI is InChI=1S/C12H17N3O4S/c16-12(17)11-3-7-15(8-4-11)20(18,19)14-9-10-1-5-13-6-2-10/h1-2,5-6,11,14H,3-4,7-9H2,(H,16,17). The molecule has 0 bridgehead atoms. The molecule has 0 radical (unpaired) electrons. The first-order chi connectivity index (χ1) is 9.49. The fraction of sp³-hybridized carbons (Fsp3) is 0.500. The summed E-state index contributed by atoms with van der Waals surface area (Å²) in [6.07, 6.45) is 3.90. The summed E-state index contributed by atoms with van der Waals surface area (Å²) >= 11 is 0. The summed E-state index contributed by atoms with van der Waals surface area (Å²) in [7, 11) is -3.56. The lowest BCUT2D eigenvalue weighted by molar-refractivity contribution is -0.142. The molecule has 1 aromatic heterocycles. The molecule has 0 aromatic carbocycles. The van der Waals surface area contributed by atoms with E-state index in [1.54, 1.807) is 24.5 Å². The largest absolute Gasteiger partial charge is 0.481 e. The van der Waals surface area contributed by atoms with Crippen molar-refractivity contribution in [2.24, 2.45) is 5.92 Å². The van der Waals surface area contributed by atoms with Crippen LogP contribution in [-0.4, -0.2) is 41.9 Å². The van der Waals surface area contributed by atoms with Crippen molar-refractivity contribution in [3.8, 4) is 0 Å². The number of carboxylic acid groups (broad SMARTS) is 1. The van der Waals surface area contributed by atoms with Crippen LogP contribution in [0.3, 0.4) is 0 Å². The quantitative estimate of drug-likeness (QED) is 0.810. The van der Waals surface area contributed by atoms with E-state index in [0.717, 1.165) is 5.56 Å². The highest BCUT2D eigenvalue weighted by Gasteiger charge is 2.30. The topological polar surface area (TPSA) is 99.6 Å². The van der Waals surface area contributed by atoms with Crippen LogP contribution in [0.5, 0.6) is 0 Å². The second-order valence-electron chi connectivity index (χ2n) is 4.69. The summed E-state index contributed by atoms with van der Waals surface area (Å²) in [5.41, 5.74) is 0.823. The lowest BCUT2D eigenvalue weighted by Gasteiger charge is -2.29. The minimum absolute atomic E-state index is 0.198. The maximum Gasteiger partial charge on any atom is 0.306 e. The van der Waals surface area contributed by atoms with Gasteiger partial charge in [-0.1, -0.05) is 0 Å². The van der Waals surface area contributed by atoms with Crippen molar-refractivity contribution >= 4 is 16.2 Å². The Labute approximate surface area is 117 Å². The molecule has 8 heteroatoms. The minimum Gasteiger partial charge on any atom is -0.481 e. The zero-order valence-corrected chi connectivity index (χ0v) is 11.7. The van der Waals surface area contributed by atoms with E-state index < -0.39 is 22.1 Å². The van der Waals surface area contributed by atoms with Gasteiger partial charge in [-0.05, 0) is 30.5 Å². The van der Waals surface area contributed by atoms with E-state index in [1.165, 1.54) is 4.31 Å². The smallest absolute Gasteiger partial charge is 0.306 e. The van der Waals surface area contributed by atoms with Gasteiger partial charge in [0.25, 0.3) is 10.2 Å². The predicted molar refractivity (Wildman–Crippen MR) is 71.9 cm³/mol. The number of aromatic nitrogens is 1. The molecule has 0 spiro atoms. The van der Waals surface area contributed by atoms with Crippen molar-refractivity contribution in [2.45, 2.75) is 19.4 Å². The van der Waals surface area contributed by atoms with Crippen molar-refractivity contribution in [2.75, 3.05) is 13.1 Å². The van der Waals surface area contributed by atoms with Gasteiger partial charge in [0.1, 0.15) is 0 Å². The van der Waals surface area contributed by atoms with E-state index in [4.69, 9.17) is 5.11 Å². The third-order valence-electron chi connectivity index (χ3n) is 3.35.